The number of anilines is 1. The van der Waals surface area contributed by atoms with Crippen molar-refractivity contribution in [3.63, 3.8) is 0 Å². The molecule has 1 heterocycles. The number of hydrogen-bond acceptors (Lipinski definition) is 3. The van der Waals surface area contributed by atoms with Crippen molar-refractivity contribution in [1.29, 1.82) is 0 Å². The Kier molecular flexibility index (Phi) is 3.85. The molecule has 1 aromatic rings. The van der Waals surface area contributed by atoms with Gasteiger partial charge in [0.25, 0.3) is 0 Å². The zero-order valence-corrected chi connectivity index (χ0v) is 12.0. The Balaban J connectivity index is 2.32. The number of rotatable bonds is 2. The SMILES string of the molecule is Cc1cc(Cl)ccc1N1CC(C)(C)NCC1CO. The van der Waals surface area contributed by atoms with Crippen LogP contribution in [0.5, 0.6) is 0 Å². The fraction of sp³-hybridized carbons (Fsp3) is 0.571. The molecule has 0 amide bonds. The largest absolute Gasteiger partial charge is 0.394 e. The molecule has 1 atom stereocenters. The van der Waals surface area contributed by atoms with Crippen LogP contribution in [0.15, 0.2) is 18.2 Å². The van der Waals surface area contributed by atoms with Gasteiger partial charge in [-0.2, -0.15) is 0 Å². The van der Waals surface area contributed by atoms with Crippen molar-refractivity contribution in [1.82, 2.24) is 5.32 Å². The summed E-state index contributed by atoms with van der Waals surface area (Å²) in [5.41, 5.74) is 2.37. The third kappa shape index (κ3) is 2.79. The zero-order chi connectivity index (χ0) is 13.3. The molecule has 0 aliphatic carbocycles. The van der Waals surface area contributed by atoms with E-state index in [9.17, 15) is 5.11 Å². The minimum atomic E-state index is 0.0533. The van der Waals surface area contributed by atoms with Crippen LogP contribution in [0.3, 0.4) is 0 Å². The van der Waals surface area contributed by atoms with Crippen LogP contribution < -0.4 is 10.2 Å². The Morgan fingerprint density at radius 3 is 2.83 bits per heavy atom. The first-order chi connectivity index (χ1) is 8.43. The lowest BCUT2D eigenvalue weighted by Crippen LogP contribution is -2.63. The third-order valence-corrected chi connectivity index (χ3v) is 3.74. The highest BCUT2D eigenvalue weighted by molar-refractivity contribution is 6.30. The van der Waals surface area contributed by atoms with E-state index < -0.39 is 0 Å². The fourth-order valence-electron chi connectivity index (χ4n) is 2.50. The lowest BCUT2D eigenvalue weighted by molar-refractivity contribution is 0.214. The summed E-state index contributed by atoms with van der Waals surface area (Å²) in [5, 5.41) is 13.7. The summed E-state index contributed by atoms with van der Waals surface area (Å²) >= 11 is 6.00. The molecule has 1 aliphatic heterocycles. The first-order valence-corrected chi connectivity index (χ1v) is 6.69. The zero-order valence-electron chi connectivity index (χ0n) is 11.2. The maximum absolute atomic E-state index is 9.53. The van der Waals surface area contributed by atoms with Crippen molar-refractivity contribution in [2.45, 2.75) is 32.4 Å². The number of aliphatic hydroxyl groups is 1. The van der Waals surface area contributed by atoms with Crippen molar-refractivity contribution in [3.05, 3.63) is 28.8 Å². The highest BCUT2D eigenvalue weighted by Crippen LogP contribution is 2.28. The summed E-state index contributed by atoms with van der Waals surface area (Å²) in [4.78, 5) is 2.28. The number of aliphatic hydroxyl groups excluding tert-OH is 1. The minimum Gasteiger partial charge on any atom is -0.394 e. The summed E-state index contributed by atoms with van der Waals surface area (Å²) in [7, 11) is 0. The van der Waals surface area contributed by atoms with Crippen molar-refractivity contribution in [3.8, 4) is 0 Å². The average molecular weight is 269 g/mol. The number of aryl methyl sites for hydroxylation is 1. The van der Waals surface area contributed by atoms with E-state index in [1.54, 1.807) is 0 Å². The van der Waals surface area contributed by atoms with E-state index in [2.05, 4.69) is 31.0 Å². The van der Waals surface area contributed by atoms with Gasteiger partial charge in [-0.1, -0.05) is 11.6 Å². The van der Waals surface area contributed by atoms with Crippen LogP contribution in [0, 0.1) is 6.92 Å². The molecule has 4 heteroatoms. The lowest BCUT2D eigenvalue weighted by Gasteiger charge is -2.45. The van der Waals surface area contributed by atoms with Gasteiger partial charge in [0.15, 0.2) is 0 Å². The molecule has 1 aromatic carbocycles. The Morgan fingerprint density at radius 1 is 1.50 bits per heavy atom. The summed E-state index contributed by atoms with van der Waals surface area (Å²) < 4.78 is 0. The highest BCUT2D eigenvalue weighted by atomic mass is 35.5. The average Bonchev–Trinajstić information content (AvgIpc) is 2.28. The molecule has 0 aromatic heterocycles. The summed E-state index contributed by atoms with van der Waals surface area (Å²) in [6.45, 7) is 8.25. The number of nitrogens with zero attached hydrogens (tertiary/aromatic N) is 1. The van der Waals surface area contributed by atoms with E-state index in [4.69, 9.17) is 11.6 Å². The highest BCUT2D eigenvalue weighted by Gasteiger charge is 2.32. The van der Waals surface area contributed by atoms with E-state index in [1.807, 2.05) is 18.2 Å². The van der Waals surface area contributed by atoms with Crippen LogP contribution in [0.4, 0.5) is 5.69 Å². The molecule has 1 fully saturated rings. The minimum absolute atomic E-state index is 0.0533. The Morgan fingerprint density at radius 2 is 2.22 bits per heavy atom. The molecule has 18 heavy (non-hydrogen) atoms. The van der Waals surface area contributed by atoms with Crippen LogP contribution in [-0.2, 0) is 0 Å². The van der Waals surface area contributed by atoms with Gasteiger partial charge in [-0.25, -0.2) is 0 Å². The summed E-state index contributed by atoms with van der Waals surface area (Å²) in [5.74, 6) is 0. The smallest absolute Gasteiger partial charge is 0.0647 e. The molecule has 1 saturated heterocycles. The van der Waals surface area contributed by atoms with Crippen LogP contribution in [0.2, 0.25) is 5.02 Å². The molecule has 3 nitrogen and oxygen atoms in total. The first-order valence-electron chi connectivity index (χ1n) is 6.31. The van der Waals surface area contributed by atoms with Crippen molar-refractivity contribution < 1.29 is 5.11 Å². The van der Waals surface area contributed by atoms with Crippen LogP contribution in [0.25, 0.3) is 0 Å². The first kappa shape index (κ1) is 13.7. The van der Waals surface area contributed by atoms with Crippen molar-refractivity contribution in [2.24, 2.45) is 0 Å². The molecule has 0 spiro atoms. The van der Waals surface area contributed by atoms with E-state index in [0.29, 0.717) is 0 Å². The molecule has 0 saturated carbocycles. The standard InChI is InChI=1S/C14H21ClN2O/c1-10-6-11(15)4-5-13(10)17-9-14(2,3)16-7-12(17)8-18/h4-6,12,16,18H,7-9H2,1-3H3. The van der Waals surface area contributed by atoms with Gasteiger partial charge in [-0.3, -0.25) is 0 Å². The van der Waals surface area contributed by atoms with E-state index in [0.717, 1.165) is 29.4 Å². The number of hydrogen-bond donors (Lipinski definition) is 2. The molecule has 2 rings (SSSR count). The Bertz CT molecular complexity index is 434. The molecule has 1 aliphatic rings. The van der Waals surface area contributed by atoms with Crippen molar-refractivity contribution >= 4 is 17.3 Å². The summed E-state index contributed by atoms with van der Waals surface area (Å²) in [6, 6.07) is 6.05. The lowest BCUT2D eigenvalue weighted by atomic mass is 9.97. The van der Waals surface area contributed by atoms with Gasteiger partial charge in [0.2, 0.25) is 0 Å². The molecular formula is C14H21ClN2O. The number of benzene rings is 1. The van der Waals surface area contributed by atoms with E-state index >= 15 is 0 Å². The van der Waals surface area contributed by atoms with E-state index in [1.165, 1.54) is 0 Å². The number of nitrogens with one attached hydrogen (secondary N) is 1. The van der Waals surface area contributed by atoms with E-state index in [-0.39, 0.29) is 18.2 Å². The number of halogens is 1. The summed E-state index contributed by atoms with van der Waals surface area (Å²) in [6.07, 6.45) is 0. The molecule has 100 valence electrons. The van der Waals surface area contributed by atoms with Gasteiger partial charge in [-0.05, 0) is 44.5 Å². The predicted octanol–water partition coefficient (Wildman–Crippen LogP) is 2.20. The fourth-order valence-corrected chi connectivity index (χ4v) is 2.73. The Hall–Kier alpha value is -0.770. The van der Waals surface area contributed by atoms with Crippen molar-refractivity contribution in [2.75, 3.05) is 24.6 Å². The number of piperazine rings is 1. The van der Waals surface area contributed by atoms with Gasteiger partial charge in [-0.15, -0.1) is 0 Å². The van der Waals surface area contributed by atoms with Crippen LogP contribution in [-0.4, -0.2) is 36.4 Å². The predicted molar refractivity (Wildman–Crippen MR) is 76.5 cm³/mol. The van der Waals surface area contributed by atoms with Gasteiger partial charge >= 0.3 is 0 Å². The second kappa shape index (κ2) is 5.08. The van der Waals surface area contributed by atoms with Gasteiger partial charge in [0.05, 0.1) is 12.6 Å². The normalized spacial score (nSPS) is 23.2. The quantitative estimate of drug-likeness (QED) is 0.863. The molecule has 0 bridgehead atoms. The molecule has 0 radical (unpaired) electrons. The topological polar surface area (TPSA) is 35.5 Å². The third-order valence-electron chi connectivity index (χ3n) is 3.50. The molecule has 2 N–H and O–H groups in total. The monoisotopic (exact) mass is 268 g/mol. The second-order valence-corrected chi connectivity index (χ2v) is 6.10. The second-order valence-electron chi connectivity index (χ2n) is 5.66. The van der Waals surface area contributed by atoms with Crippen LogP contribution >= 0.6 is 11.6 Å². The maximum atomic E-state index is 9.53. The Labute approximate surface area is 114 Å². The van der Waals surface area contributed by atoms with Gasteiger partial charge in [0, 0.05) is 29.3 Å². The van der Waals surface area contributed by atoms with Gasteiger partial charge < -0.3 is 15.3 Å². The van der Waals surface area contributed by atoms with Gasteiger partial charge in [0.1, 0.15) is 0 Å². The maximum Gasteiger partial charge on any atom is 0.0647 e. The molecule has 1 unspecified atom stereocenters. The molecular weight excluding hydrogens is 248 g/mol. The van der Waals surface area contributed by atoms with Crippen LogP contribution in [0.1, 0.15) is 19.4 Å².